The SMILES string of the molecule is CN1CCC(CCNCCc2ccccc2)CC1. The number of nitrogens with zero attached hydrogens (tertiary/aromatic N) is 1. The molecule has 1 heterocycles. The van der Waals surface area contributed by atoms with E-state index in [-0.39, 0.29) is 0 Å². The third kappa shape index (κ3) is 4.79. The number of hydrogen-bond acceptors (Lipinski definition) is 2. The third-order valence-corrected chi connectivity index (χ3v) is 4.00. The van der Waals surface area contributed by atoms with Crippen molar-refractivity contribution in [1.29, 1.82) is 0 Å². The zero-order chi connectivity index (χ0) is 12.6. The van der Waals surface area contributed by atoms with Gasteiger partial charge < -0.3 is 10.2 Å². The van der Waals surface area contributed by atoms with Crippen molar-refractivity contribution in [1.82, 2.24) is 10.2 Å². The highest BCUT2D eigenvalue weighted by molar-refractivity contribution is 5.14. The smallest absolute Gasteiger partial charge is 0.000835 e. The number of hydrogen-bond donors (Lipinski definition) is 1. The van der Waals surface area contributed by atoms with Crippen molar-refractivity contribution < 1.29 is 0 Å². The lowest BCUT2D eigenvalue weighted by atomic mass is 9.94. The Bertz CT molecular complexity index is 315. The zero-order valence-electron chi connectivity index (χ0n) is 11.6. The second-order valence-corrected chi connectivity index (χ2v) is 5.52. The Kier molecular flexibility index (Phi) is 5.69. The molecule has 0 atom stereocenters. The van der Waals surface area contributed by atoms with Crippen LogP contribution in [-0.4, -0.2) is 38.1 Å². The summed E-state index contributed by atoms with van der Waals surface area (Å²) in [4.78, 5) is 2.44. The van der Waals surface area contributed by atoms with Gasteiger partial charge in [0, 0.05) is 0 Å². The van der Waals surface area contributed by atoms with Crippen molar-refractivity contribution in [3.8, 4) is 0 Å². The Morgan fingerprint density at radius 3 is 2.56 bits per heavy atom. The first-order chi connectivity index (χ1) is 8.84. The molecule has 0 aromatic heterocycles. The van der Waals surface area contributed by atoms with Crippen molar-refractivity contribution in [2.24, 2.45) is 5.92 Å². The molecule has 1 aromatic carbocycles. The molecule has 0 aliphatic carbocycles. The molecule has 100 valence electrons. The number of piperidine rings is 1. The van der Waals surface area contributed by atoms with Crippen LogP contribution in [0, 0.1) is 5.92 Å². The molecule has 0 bridgehead atoms. The van der Waals surface area contributed by atoms with Gasteiger partial charge in [-0.2, -0.15) is 0 Å². The van der Waals surface area contributed by atoms with Crippen LogP contribution in [0.4, 0.5) is 0 Å². The second kappa shape index (κ2) is 7.55. The van der Waals surface area contributed by atoms with Gasteiger partial charge in [-0.15, -0.1) is 0 Å². The Morgan fingerprint density at radius 2 is 1.83 bits per heavy atom. The largest absolute Gasteiger partial charge is 0.316 e. The molecule has 0 radical (unpaired) electrons. The van der Waals surface area contributed by atoms with E-state index in [4.69, 9.17) is 0 Å². The highest BCUT2D eigenvalue weighted by Crippen LogP contribution is 2.18. The predicted octanol–water partition coefficient (Wildman–Crippen LogP) is 2.55. The van der Waals surface area contributed by atoms with Gasteiger partial charge in [-0.1, -0.05) is 30.3 Å². The first kappa shape index (κ1) is 13.6. The molecule has 1 aromatic rings. The van der Waals surface area contributed by atoms with E-state index in [0.29, 0.717) is 0 Å². The zero-order valence-corrected chi connectivity index (χ0v) is 11.6. The minimum absolute atomic E-state index is 0.949. The summed E-state index contributed by atoms with van der Waals surface area (Å²) in [6.07, 6.45) is 5.27. The molecule has 1 saturated heterocycles. The number of likely N-dealkylation sites (tertiary alicyclic amines) is 1. The molecule has 2 nitrogen and oxygen atoms in total. The molecule has 2 rings (SSSR count). The van der Waals surface area contributed by atoms with Crippen molar-refractivity contribution in [2.45, 2.75) is 25.7 Å². The van der Waals surface area contributed by atoms with E-state index in [9.17, 15) is 0 Å². The van der Waals surface area contributed by atoms with E-state index in [2.05, 4.69) is 47.6 Å². The van der Waals surface area contributed by atoms with E-state index in [1.54, 1.807) is 0 Å². The Labute approximate surface area is 111 Å². The quantitative estimate of drug-likeness (QED) is 0.776. The highest BCUT2D eigenvalue weighted by Gasteiger charge is 2.15. The molecule has 1 N–H and O–H groups in total. The van der Waals surface area contributed by atoms with Crippen molar-refractivity contribution >= 4 is 0 Å². The van der Waals surface area contributed by atoms with E-state index in [0.717, 1.165) is 18.9 Å². The van der Waals surface area contributed by atoms with Crippen LogP contribution in [0.5, 0.6) is 0 Å². The minimum Gasteiger partial charge on any atom is -0.316 e. The van der Waals surface area contributed by atoms with Gasteiger partial charge in [0.15, 0.2) is 0 Å². The summed E-state index contributed by atoms with van der Waals surface area (Å²) in [7, 11) is 2.23. The third-order valence-electron chi connectivity index (χ3n) is 4.00. The molecule has 0 spiro atoms. The monoisotopic (exact) mass is 246 g/mol. The second-order valence-electron chi connectivity index (χ2n) is 5.52. The molecule has 1 fully saturated rings. The maximum atomic E-state index is 3.58. The summed E-state index contributed by atoms with van der Waals surface area (Å²) >= 11 is 0. The Hall–Kier alpha value is -0.860. The van der Waals surface area contributed by atoms with Gasteiger partial charge in [0.2, 0.25) is 0 Å². The highest BCUT2D eigenvalue weighted by atomic mass is 15.1. The summed E-state index contributed by atoms with van der Waals surface area (Å²) in [5, 5.41) is 3.58. The first-order valence-electron chi connectivity index (χ1n) is 7.28. The van der Waals surface area contributed by atoms with E-state index in [1.165, 1.54) is 44.5 Å². The van der Waals surface area contributed by atoms with Crippen LogP contribution >= 0.6 is 0 Å². The molecular formula is C16H26N2. The maximum absolute atomic E-state index is 3.58. The van der Waals surface area contributed by atoms with Crippen molar-refractivity contribution in [3.63, 3.8) is 0 Å². The average molecular weight is 246 g/mol. The van der Waals surface area contributed by atoms with Crippen molar-refractivity contribution in [3.05, 3.63) is 35.9 Å². The topological polar surface area (TPSA) is 15.3 Å². The Morgan fingerprint density at radius 1 is 1.11 bits per heavy atom. The number of benzene rings is 1. The van der Waals surface area contributed by atoms with Gasteiger partial charge in [-0.05, 0) is 70.4 Å². The summed E-state index contributed by atoms with van der Waals surface area (Å²) in [6.45, 7) is 4.86. The van der Waals surface area contributed by atoms with Crippen LogP contribution in [0.3, 0.4) is 0 Å². The van der Waals surface area contributed by atoms with E-state index >= 15 is 0 Å². The van der Waals surface area contributed by atoms with Crippen LogP contribution in [0.2, 0.25) is 0 Å². The van der Waals surface area contributed by atoms with Crippen LogP contribution in [0.1, 0.15) is 24.8 Å². The van der Waals surface area contributed by atoms with Gasteiger partial charge in [-0.25, -0.2) is 0 Å². The molecule has 1 aliphatic heterocycles. The van der Waals surface area contributed by atoms with Gasteiger partial charge in [0.25, 0.3) is 0 Å². The van der Waals surface area contributed by atoms with Crippen LogP contribution in [0.25, 0.3) is 0 Å². The number of nitrogens with one attached hydrogen (secondary N) is 1. The normalized spacial score (nSPS) is 18.1. The fourth-order valence-electron chi connectivity index (χ4n) is 2.66. The summed E-state index contributed by atoms with van der Waals surface area (Å²) in [5.74, 6) is 0.949. The maximum Gasteiger partial charge on any atom is -0.000835 e. The number of rotatable bonds is 6. The molecular weight excluding hydrogens is 220 g/mol. The van der Waals surface area contributed by atoms with Crippen LogP contribution < -0.4 is 5.32 Å². The van der Waals surface area contributed by atoms with Gasteiger partial charge in [-0.3, -0.25) is 0 Å². The molecule has 0 saturated carbocycles. The minimum atomic E-state index is 0.949. The average Bonchev–Trinajstić information content (AvgIpc) is 2.42. The molecule has 0 amide bonds. The predicted molar refractivity (Wildman–Crippen MR) is 77.9 cm³/mol. The van der Waals surface area contributed by atoms with Gasteiger partial charge in [0.1, 0.15) is 0 Å². The lowest BCUT2D eigenvalue weighted by Crippen LogP contribution is -2.31. The fraction of sp³-hybridized carbons (Fsp3) is 0.625. The van der Waals surface area contributed by atoms with Crippen LogP contribution in [-0.2, 0) is 6.42 Å². The van der Waals surface area contributed by atoms with E-state index in [1.807, 2.05) is 0 Å². The molecule has 0 unspecified atom stereocenters. The molecule has 2 heteroatoms. The summed E-state index contributed by atoms with van der Waals surface area (Å²) in [5.41, 5.74) is 1.43. The fourth-order valence-corrected chi connectivity index (χ4v) is 2.66. The van der Waals surface area contributed by atoms with Gasteiger partial charge in [0.05, 0.1) is 0 Å². The molecule has 18 heavy (non-hydrogen) atoms. The standard InChI is InChI=1S/C16H26N2/c1-18-13-9-16(10-14-18)8-12-17-11-7-15-5-3-2-4-6-15/h2-6,16-17H,7-14H2,1H3. The molecule has 1 aliphatic rings. The van der Waals surface area contributed by atoms with Crippen molar-refractivity contribution in [2.75, 3.05) is 33.2 Å². The van der Waals surface area contributed by atoms with Crippen LogP contribution in [0.15, 0.2) is 30.3 Å². The van der Waals surface area contributed by atoms with E-state index < -0.39 is 0 Å². The first-order valence-corrected chi connectivity index (χ1v) is 7.28. The van der Waals surface area contributed by atoms with Gasteiger partial charge >= 0.3 is 0 Å². The Balaban J connectivity index is 1.51. The lowest BCUT2D eigenvalue weighted by molar-refractivity contribution is 0.212. The summed E-state index contributed by atoms with van der Waals surface area (Å²) in [6, 6.07) is 10.7. The summed E-state index contributed by atoms with van der Waals surface area (Å²) < 4.78 is 0. The lowest BCUT2D eigenvalue weighted by Gasteiger charge is -2.28.